The smallest absolute Gasteiger partial charge is 0.406 e. The molecule has 2 amide bonds. The maximum atomic E-state index is 12.3. The van der Waals surface area contributed by atoms with Crippen molar-refractivity contribution < 1.29 is 22.7 Å². The average molecular weight is 418 g/mol. The Morgan fingerprint density at radius 1 is 1.22 bits per heavy atom. The molecule has 27 heavy (non-hydrogen) atoms. The highest BCUT2D eigenvalue weighted by molar-refractivity contribution is 6.36. The molecule has 1 unspecified atom stereocenters. The molecule has 0 heterocycles. The van der Waals surface area contributed by atoms with Gasteiger partial charge in [0, 0.05) is 28.3 Å². The van der Waals surface area contributed by atoms with Crippen molar-refractivity contribution in [3.8, 4) is 11.8 Å². The van der Waals surface area contributed by atoms with Crippen LogP contribution < -0.4 is 15.4 Å². The first kappa shape index (κ1) is 20.7. The van der Waals surface area contributed by atoms with Gasteiger partial charge < -0.3 is 10.5 Å². The summed E-state index contributed by atoms with van der Waals surface area (Å²) in [4.78, 5) is 12.4. The van der Waals surface area contributed by atoms with Crippen LogP contribution in [-0.2, 0) is 0 Å². The standard InChI is InChI=1S/C17H12Cl2F3N3O2/c1-25(16(24)26)10-6-13(18)15(14(19)7-10)12(8-23)9-2-4-11(5-3-9)27-17(20,21)22/h2-7,12H,1H3,(H2,24,26). The summed E-state index contributed by atoms with van der Waals surface area (Å²) in [6.07, 6.45) is -4.81. The molecule has 0 aliphatic rings. The number of ether oxygens (including phenoxy) is 1. The lowest BCUT2D eigenvalue weighted by atomic mass is 9.92. The number of hydrogen-bond acceptors (Lipinski definition) is 3. The maximum absolute atomic E-state index is 12.3. The zero-order valence-electron chi connectivity index (χ0n) is 13.7. The minimum Gasteiger partial charge on any atom is -0.406 e. The molecule has 0 aliphatic carbocycles. The number of carbonyl (C=O) groups excluding carboxylic acids is 1. The molecule has 142 valence electrons. The van der Waals surface area contributed by atoms with Gasteiger partial charge in [-0.25, -0.2) is 4.79 Å². The third kappa shape index (κ3) is 4.96. The predicted octanol–water partition coefficient (Wildman–Crippen LogP) is 5.06. The third-order valence-corrected chi connectivity index (χ3v) is 4.27. The summed E-state index contributed by atoms with van der Waals surface area (Å²) in [6, 6.07) is 8.92. The minimum absolute atomic E-state index is 0.104. The average Bonchev–Trinajstić information content (AvgIpc) is 2.56. The van der Waals surface area contributed by atoms with Crippen molar-refractivity contribution >= 4 is 34.9 Å². The number of primary amides is 1. The molecule has 0 aliphatic heterocycles. The highest BCUT2D eigenvalue weighted by atomic mass is 35.5. The number of nitrogens with two attached hydrogens (primary N) is 1. The first-order chi connectivity index (χ1) is 12.5. The topological polar surface area (TPSA) is 79.4 Å². The van der Waals surface area contributed by atoms with Crippen LogP contribution in [0.2, 0.25) is 10.0 Å². The van der Waals surface area contributed by atoms with Crippen LogP contribution in [0.1, 0.15) is 17.0 Å². The molecule has 0 bridgehead atoms. The van der Waals surface area contributed by atoms with E-state index < -0.39 is 24.1 Å². The van der Waals surface area contributed by atoms with Gasteiger partial charge in [-0.3, -0.25) is 4.90 Å². The first-order valence-electron chi connectivity index (χ1n) is 7.31. The number of anilines is 1. The normalized spacial score (nSPS) is 12.2. The fourth-order valence-corrected chi connectivity index (χ4v) is 3.03. The summed E-state index contributed by atoms with van der Waals surface area (Å²) in [5.74, 6) is -1.36. The van der Waals surface area contributed by atoms with Crippen LogP contribution in [0.3, 0.4) is 0 Å². The Kier molecular flexibility index (Phi) is 6.08. The maximum Gasteiger partial charge on any atom is 0.573 e. The van der Waals surface area contributed by atoms with Crippen molar-refractivity contribution in [3.63, 3.8) is 0 Å². The van der Waals surface area contributed by atoms with Crippen molar-refractivity contribution in [2.75, 3.05) is 11.9 Å². The molecule has 0 spiro atoms. The molecule has 2 rings (SSSR count). The number of alkyl halides is 3. The van der Waals surface area contributed by atoms with Crippen LogP contribution in [0, 0.1) is 11.3 Å². The van der Waals surface area contributed by atoms with E-state index in [-0.39, 0.29) is 15.6 Å². The molecule has 0 radical (unpaired) electrons. The van der Waals surface area contributed by atoms with Gasteiger partial charge in [0.2, 0.25) is 0 Å². The van der Waals surface area contributed by atoms with Gasteiger partial charge in [-0.05, 0) is 29.8 Å². The van der Waals surface area contributed by atoms with Crippen LogP contribution in [-0.4, -0.2) is 19.4 Å². The fraction of sp³-hybridized carbons (Fsp3) is 0.176. The molecule has 2 N–H and O–H groups in total. The van der Waals surface area contributed by atoms with E-state index >= 15 is 0 Å². The number of rotatable bonds is 4. The largest absolute Gasteiger partial charge is 0.573 e. The van der Waals surface area contributed by atoms with Gasteiger partial charge in [0.15, 0.2) is 0 Å². The third-order valence-electron chi connectivity index (χ3n) is 3.65. The molecule has 0 fully saturated rings. The molecular weight excluding hydrogens is 406 g/mol. The zero-order valence-corrected chi connectivity index (χ0v) is 15.2. The van der Waals surface area contributed by atoms with Gasteiger partial charge in [0.1, 0.15) is 5.75 Å². The number of nitriles is 1. The van der Waals surface area contributed by atoms with E-state index in [1.54, 1.807) is 0 Å². The van der Waals surface area contributed by atoms with Gasteiger partial charge in [-0.2, -0.15) is 5.26 Å². The summed E-state index contributed by atoms with van der Waals surface area (Å²) in [5.41, 5.74) is 6.15. The number of benzene rings is 2. The first-order valence-corrected chi connectivity index (χ1v) is 8.06. The monoisotopic (exact) mass is 417 g/mol. The zero-order chi connectivity index (χ0) is 20.4. The van der Waals surface area contributed by atoms with Crippen molar-refractivity contribution in [3.05, 3.63) is 57.6 Å². The van der Waals surface area contributed by atoms with Crippen molar-refractivity contribution in [1.29, 1.82) is 5.26 Å². The summed E-state index contributed by atoms with van der Waals surface area (Å²) in [6.45, 7) is 0. The number of carbonyl (C=O) groups is 1. The molecule has 5 nitrogen and oxygen atoms in total. The van der Waals surface area contributed by atoms with Crippen LogP contribution in [0.4, 0.5) is 23.7 Å². The Labute approximate surface area is 162 Å². The van der Waals surface area contributed by atoms with E-state index in [9.17, 15) is 23.2 Å². The number of nitrogens with zero attached hydrogens (tertiary/aromatic N) is 2. The molecule has 1 atom stereocenters. The van der Waals surface area contributed by atoms with Gasteiger partial charge in [-0.15, -0.1) is 13.2 Å². The van der Waals surface area contributed by atoms with Crippen LogP contribution in [0.15, 0.2) is 36.4 Å². The second-order valence-corrected chi connectivity index (χ2v) is 6.21. The summed E-state index contributed by atoms with van der Waals surface area (Å²) in [7, 11) is 1.42. The van der Waals surface area contributed by atoms with Crippen LogP contribution in [0.5, 0.6) is 5.75 Å². The minimum atomic E-state index is -4.81. The molecule has 2 aromatic rings. The summed E-state index contributed by atoms with van der Waals surface area (Å²) < 4.78 is 40.6. The second-order valence-electron chi connectivity index (χ2n) is 5.40. The fourth-order valence-electron chi connectivity index (χ4n) is 2.34. The number of halogens is 5. The van der Waals surface area contributed by atoms with E-state index in [0.717, 1.165) is 17.0 Å². The Morgan fingerprint density at radius 2 is 1.74 bits per heavy atom. The van der Waals surface area contributed by atoms with E-state index in [1.807, 2.05) is 6.07 Å². The van der Waals surface area contributed by atoms with E-state index in [2.05, 4.69) is 4.74 Å². The van der Waals surface area contributed by atoms with Gasteiger partial charge in [0.25, 0.3) is 0 Å². The SMILES string of the molecule is CN(C(N)=O)c1cc(Cl)c(C(C#N)c2ccc(OC(F)(F)F)cc2)c(Cl)c1. The highest BCUT2D eigenvalue weighted by Gasteiger charge is 2.31. The van der Waals surface area contributed by atoms with Crippen molar-refractivity contribution in [2.45, 2.75) is 12.3 Å². The number of hydrogen-bond donors (Lipinski definition) is 1. The highest BCUT2D eigenvalue weighted by Crippen LogP contribution is 2.39. The Hall–Kier alpha value is -2.63. The Morgan fingerprint density at radius 3 is 2.15 bits per heavy atom. The summed E-state index contributed by atoms with van der Waals surface area (Å²) >= 11 is 12.5. The lowest BCUT2D eigenvalue weighted by Crippen LogP contribution is -2.31. The molecule has 0 saturated heterocycles. The number of amides is 2. The van der Waals surface area contributed by atoms with Crippen molar-refractivity contribution in [1.82, 2.24) is 0 Å². The molecule has 10 heteroatoms. The second kappa shape index (κ2) is 7.94. The molecule has 2 aromatic carbocycles. The Bertz CT molecular complexity index is 873. The molecule has 0 aromatic heterocycles. The quantitative estimate of drug-likeness (QED) is 0.754. The lowest BCUT2D eigenvalue weighted by molar-refractivity contribution is -0.274. The van der Waals surface area contributed by atoms with Gasteiger partial charge >= 0.3 is 12.4 Å². The predicted molar refractivity (Wildman–Crippen MR) is 95.0 cm³/mol. The molecule has 0 saturated carbocycles. The number of urea groups is 1. The van der Waals surface area contributed by atoms with Crippen LogP contribution in [0.25, 0.3) is 0 Å². The van der Waals surface area contributed by atoms with Crippen molar-refractivity contribution in [2.24, 2.45) is 5.73 Å². The van der Waals surface area contributed by atoms with Gasteiger partial charge in [0.05, 0.1) is 12.0 Å². The van der Waals surface area contributed by atoms with E-state index in [4.69, 9.17) is 28.9 Å². The van der Waals surface area contributed by atoms with E-state index in [0.29, 0.717) is 11.3 Å². The van der Waals surface area contributed by atoms with Gasteiger partial charge in [-0.1, -0.05) is 35.3 Å². The van der Waals surface area contributed by atoms with Crippen LogP contribution >= 0.6 is 23.2 Å². The Balaban J connectivity index is 2.40. The van der Waals surface area contributed by atoms with E-state index in [1.165, 1.54) is 31.3 Å². The molecular formula is C17H12Cl2F3N3O2. The summed E-state index contributed by atoms with van der Waals surface area (Å²) in [5, 5.41) is 9.75. The lowest BCUT2D eigenvalue weighted by Gasteiger charge is -2.19.